The number of rotatable bonds is 4. The first kappa shape index (κ1) is 18.4. The SMILES string of the molecule is CC(C)(C)OC(=O)NCCC(=O)Nc1cc(Cl)c(N)c(Cl)c1. The summed E-state index contributed by atoms with van der Waals surface area (Å²) in [6.07, 6.45) is -0.488. The Kier molecular flexibility index (Phi) is 6.32. The second kappa shape index (κ2) is 7.56. The minimum Gasteiger partial charge on any atom is -0.444 e. The number of alkyl carbamates (subject to hydrolysis) is 1. The van der Waals surface area contributed by atoms with Crippen LogP contribution >= 0.6 is 23.2 Å². The lowest BCUT2D eigenvalue weighted by Crippen LogP contribution is -2.34. The predicted molar refractivity (Wildman–Crippen MR) is 88.4 cm³/mol. The molecule has 0 aliphatic heterocycles. The van der Waals surface area contributed by atoms with E-state index in [4.69, 9.17) is 33.7 Å². The van der Waals surface area contributed by atoms with Gasteiger partial charge in [0.15, 0.2) is 0 Å². The number of hydrogen-bond acceptors (Lipinski definition) is 4. The van der Waals surface area contributed by atoms with Crippen LogP contribution in [0.15, 0.2) is 12.1 Å². The first-order valence-corrected chi connectivity index (χ1v) is 7.35. The summed E-state index contributed by atoms with van der Waals surface area (Å²) in [6.45, 7) is 5.42. The van der Waals surface area contributed by atoms with Crippen molar-refractivity contribution >= 4 is 46.6 Å². The average molecular weight is 348 g/mol. The van der Waals surface area contributed by atoms with Gasteiger partial charge in [-0.25, -0.2) is 4.79 Å². The van der Waals surface area contributed by atoms with E-state index in [9.17, 15) is 9.59 Å². The topological polar surface area (TPSA) is 93.4 Å². The number of halogens is 2. The molecule has 0 saturated heterocycles. The van der Waals surface area contributed by atoms with Gasteiger partial charge in [-0.15, -0.1) is 0 Å². The standard InChI is InChI=1S/C14H19Cl2N3O3/c1-14(2,3)22-13(21)18-5-4-11(20)19-8-6-9(15)12(17)10(16)7-8/h6-7H,4-5,17H2,1-3H3,(H,18,21)(H,19,20). The number of benzene rings is 1. The van der Waals surface area contributed by atoms with Gasteiger partial charge in [-0.05, 0) is 32.9 Å². The number of amides is 2. The van der Waals surface area contributed by atoms with Crippen LogP contribution in [-0.4, -0.2) is 24.1 Å². The molecule has 0 bridgehead atoms. The highest BCUT2D eigenvalue weighted by Crippen LogP contribution is 2.31. The number of carbonyl (C=O) groups is 2. The number of carbonyl (C=O) groups excluding carboxylic acids is 2. The molecule has 0 aliphatic rings. The maximum absolute atomic E-state index is 11.8. The summed E-state index contributed by atoms with van der Waals surface area (Å²) in [5, 5.41) is 5.63. The van der Waals surface area contributed by atoms with E-state index in [1.807, 2.05) is 0 Å². The number of nitrogen functional groups attached to an aromatic ring is 1. The molecule has 0 unspecified atom stereocenters. The Balaban J connectivity index is 2.43. The molecule has 1 rings (SSSR count). The van der Waals surface area contributed by atoms with E-state index in [0.717, 1.165) is 0 Å². The molecule has 1 aromatic carbocycles. The minimum absolute atomic E-state index is 0.0822. The Bertz CT molecular complexity index is 548. The minimum atomic E-state index is -0.580. The maximum atomic E-state index is 11.8. The van der Waals surface area contributed by atoms with Gasteiger partial charge in [0, 0.05) is 18.7 Å². The van der Waals surface area contributed by atoms with Gasteiger partial charge in [0.05, 0.1) is 15.7 Å². The van der Waals surface area contributed by atoms with E-state index in [1.165, 1.54) is 12.1 Å². The first-order chi connectivity index (χ1) is 10.1. The quantitative estimate of drug-likeness (QED) is 0.727. The lowest BCUT2D eigenvalue weighted by atomic mass is 10.2. The summed E-state index contributed by atoms with van der Waals surface area (Å²) in [5.74, 6) is -0.298. The van der Waals surface area contributed by atoms with Gasteiger partial charge in [-0.2, -0.15) is 0 Å². The third kappa shape index (κ3) is 6.41. The zero-order valence-corrected chi connectivity index (χ0v) is 14.1. The van der Waals surface area contributed by atoms with Crippen molar-refractivity contribution in [3.8, 4) is 0 Å². The van der Waals surface area contributed by atoms with Crippen LogP contribution in [0.5, 0.6) is 0 Å². The predicted octanol–water partition coefficient (Wildman–Crippen LogP) is 3.43. The van der Waals surface area contributed by atoms with Crippen LogP contribution in [0.2, 0.25) is 10.0 Å². The summed E-state index contributed by atoms with van der Waals surface area (Å²) in [4.78, 5) is 23.2. The molecule has 0 heterocycles. The summed E-state index contributed by atoms with van der Waals surface area (Å²) >= 11 is 11.8. The molecule has 2 amide bonds. The average Bonchev–Trinajstić information content (AvgIpc) is 2.33. The molecule has 122 valence electrons. The first-order valence-electron chi connectivity index (χ1n) is 6.59. The van der Waals surface area contributed by atoms with Crippen LogP contribution in [0.25, 0.3) is 0 Å². The van der Waals surface area contributed by atoms with E-state index in [1.54, 1.807) is 20.8 Å². The van der Waals surface area contributed by atoms with E-state index in [0.29, 0.717) is 5.69 Å². The van der Waals surface area contributed by atoms with Crippen LogP contribution < -0.4 is 16.4 Å². The zero-order valence-electron chi connectivity index (χ0n) is 12.6. The molecule has 1 aromatic rings. The Morgan fingerprint density at radius 2 is 1.77 bits per heavy atom. The summed E-state index contributed by atoms with van der Waals surface area (Å²) < 4.78 is 5.05. The van der Waals surface area contributed by atoms with Gasteiger partial charge in [0.2, 0.25) is 5.91 Å². The van der Waals surface area contributed by atoms with Crippen LogP contribution in [0.3, 0.4) is 0 Å². The van der Waals surface area contributed by atoms with Crippen molar-refractivity contribution in [3.05, 3.63) is 22.2 Å². The number of anilines is 2. The van der Waals surface area contributed by atoms with Gasteiger partial charge in [0.1, 0.15) is 5.60 Å². The van der Waals surface area contributed by atoms with Crippen molar-refractivity contribution in [1.82, 2.24) is 5.32 Å². The van der Waals surface area contributed by atoms with Gasteiger partial charge >= 0.3 is 6.09 Å². The van der Waals surface area contributed by atoms with Gasteiger partial charge in [-0.3, -0.25) is 4.79 Å². The number of nitrogens with one attached hydrogen (secondary N) is 2. The number of hydrogen-bond donors (Lipinski definition) is 3. The molecule has 22 heavy (non-hydrogen) atoms. The van der Waals surface area contributed by atoms with Crippen LogP contribution in [0.1, 0.15) is 27.2 Å². The molecule has 0 saturated carbocycles. The molecule has 0 fully saturated rings. The monoisotopic (exact) mass is 347 g/mol. The van der Waals surface area contributed by atoms with Crippen molar-refractivity contribution in [1.29, 1.82) is 0 Å². The molecule has 4 N–H and O–H groups in total. The lowest BCUT2D eigenvalue weighted by Gasteiger charge is -2.19. The van der Waals surface area contributed by atoms with Crippen molar-refractivity contribution in [2.24, 2.45) is 0 Å². The van der Waals surface area contributed by atoms with E-state index < -0.39 is 11.7 Å². The molecule has 6 nitrogen and oxygen atoms in total. The highest BCUT2D eigenvalue weighted by Gasteiger charge is 2.16. The zero-order chi connectivity index (χ0) is 16.9. The van der Waals surface area contributed by atoms with Gasteiger partial charge in [0.25, 0.3) is 0 Å². The second-order valence-electron chi connectivity index (χ2n) is 5.58. The van der Waals surface area contributed by atoms with Gasteiger partial charge < -0.3 is 21.1 Å². The Labute approximate surface area is 139 Å². The third-order valence-electron chi connectivity index (χ3n) is 2.38. The molecular formula is C14H19Cl2N3O3. The van der Waals surface area contributed by atoms with Crippen molar-refractivity contribution in [3.63, 3.8) is 0 Å². The van der Waals surface area contributed by atoms with Gasteiger partial charge in [-0.1, -0.05) is 23.2 Å². The molecule has 0 radical (unpaired) electrons. The lowest BCUT2D eigenvalue weighted by molar-refractivity contribution is -0.116. The highest BCUT2D eigenvalue weighted by molar-refractivity contribution is 6.39. The Hall–Kier alpha value is -1.66. The summed E-state index contributed by atoms with van der Waals surface area (Å²) in [6, 6.07) is 3.00. The molecule has 0 aromatic heterocycles. The molecular weight excluding hydrogens is 329 g/mol. The summed E-state index contributed by atoms with van der Waals surface area (Å²) in [5.41, 5.74) is 5.72. The fourth-order valence-corrected chi connectivity index (χ4v) is 1.96. The van der Waals surface area contributed by atoms with Crippen molar-refractivity contribution < 1.29 is 14.3 Å². The molecule has 0 aliphatic carbocycles. The van der Waals surface area contributed by atoms with Crippen molar-refractivity contribution in [2.75, 3.05) is 17.6 Å². The molecule has 0 spiro atoms. The number of ether oxygens (including phenoxy) is 1. The molecule has 8 heteroatoms. The van der Waals surface area contributed by atoms with Crippen LogP contribution in [-0.2, 0) is 9.53 Å². The largest absolute Gasteiger partial charge is 0.444 e. The smallest absolute Gasteiger partial charge is 0.407 e. The van der Waals surface area contributed by atoms with Crippen LogP contribution in [0.4, 0.5) is 16.2 Å². The van der Waals surface area contributed by atoms with E-state index >= 15 is 0 Å². The maximum Gasteiger partial charge on any atom is 0.407 e. The Morgan fingerprint density at radius 1 is 1.23 bits per heavy atom. The highest BCUT2D eigenvalue weighted by atomic mass is 35.5. The number of nitrogens with two attached hydrogens (primary N) is 1. The van der Waals surface area contributed by atoms with Crippen LogP contribution in [0, 0.1) is 0 Å². The van der Waals surface area contributed by atoms with E-state index in [2.05, 4.69) is 10.6 Å². The van der Waals surface area contributed by atoms with Crippen molar-refractivity contribution in [2.45, 2.75) is 32.8 Å². The fraction of sp³-hybridized carbons (Fsp3) is 0.429. The summed E-state index contributed by atoms with van der Waals surface area (Å²) in [7, 11) is 0. The fourth-order valence-electron chi connectivity index (χ4n) is 1.47. The molecule has 0 atom stereocenters. The van der Waals surface area contributed by atoms with E-state index in [-0.39, 0.29) is 34.6 Å². The normalized spacial score (nSPS) is 11.0. The Morgan fingerprint density at radius 3 is 2.27 bits per heavy atom. The third-order valence-corrected chi connectivity index (χ3v) is 3.01. The second-order valence-corrected chi connectivity index (χ2v) is 6.39.